The smallest absolute Gasteiger partial charge is 0.307 e. The molecule has 0 radical (unpaired) electrons. The number of aliphatic hydroxyl groups is 1. The van der Waals surface area contributed by atoms with Crippen LogP contribution in [0.3, 0.4) is 0 Å². The van der Waals surface area contributed by atoms with Crippen LogP contribution in [0.15, 0.2) is 18.2 Å². The third-order valence-electron chi connectivity index (χ3n) is 3.12. The van der Waals surface area contributed by atoms with Gasteiger partial charge in [-0.2, -0.15) is 0 Å². The molecular formula is C12H14FNO3. The summed E-state index contributed by atoms with van der Waals surface area (Å²) in [5.74, 6) is -1.66. The van der Waals surface area contributed by atoms with Gasteiger partial charge in [0.05, 0.1) is 12.5 Å². The van der Waals surface area contributed by atoms with E-state index in [0.29, 0.717) is 13.0 Å². The Kier molecular flexibility index (Phi) is 3.40. The summed E-state index contributed by atoms with van der Waals surface area (Å²) in [5, 5.41) is 20.9. The van der Waals surface area contributed by atoms with Crippen molar-refractivity contribution in [1.82, 2.24) is 5.32 Å². The molecule has 92 valence electrons. The molecule has 2 rings (SSSR count). The Bertz CT molecular complexity index is 436. The number of nitrogens with one attached hydrogen (secondary N) is 1. The molecule has 0 spiro atoms. The highest BCUT2D eigenvalue weighted by Gasteiger charge is 2.30. The first kappa shape index (κ1) is 12.0. The fourth-order valence-electron chi connectivity index (χ4n) is 2.11. The first-order valence-corrected chi connectivity index (χ1v) is 5.47. The lowest BCUT2D eigenvalue weighted by atomic mass is 9.98. The standard InChI is InChI=1S/C12H14FNO3/c13-10-2-1-7(3-9(10)6-15)11-4-8(5-14-11)12(16)17/h1-3,8,11,14-15H,4-6H2,(H,16,17). The number of aliphatic hydroxyl groups excluding tert-OH is 1. The molecule has 2 unspecified atom stereocenters. The molecule has 1 aliphatic heterocycles. The molecule has 1 aromatic rings. The quantitative estimate of drug-likeness (QED) is 0.737. The van der Waals surface area contributed by atoms with E-state index >= 15 is 0 Å². The maximum absolute atomic E-state index is 13.2. The predicted molar refractivity (Wildman–Crippen MR) is 58.8 cm³/mol. The molecule has 0 amide bonds. The SMILES string of the molecule is O=C(O)C1CNC(c2ccc(F)c(CO)c2)C1. The van der Waals surface area contributed by atoms with Crippen LogP contribution in [-0.2, 0) is 11.4 Å². The van der Waals surface area contributed by atoms with Crippen LogP contribution in [0.1, 0.15) is 23.6 Å². The van der Waals surface area contributed by atoms with Crippen LogP contribution >= 0.6 is 0 Å². The molecule has 1 aliphatic rings. The number of carboxylic acids is 1. The maximum atomic E-state index is 13.2. The molecule has 0 aromatic heterocycles. The number of aliphatic carboxylic acids is 1. The van der Waals surface area contributed by atoms with Crippen LogP contribution in [0.5, 0.6) is 0 Å². The van der Waals surface area contributed by atoms with Gasteiger partial charge in [-0.15, -0.1) is 0 Å². The van der Waals surface area contributed by atoms with Gasteiger partial charge in [-0.1, -0.05) is 6.07 Å². The van der Waals surface area contributed by atoms with Crippen LogP contribution in [0.4, 0.5) is 4.39 Å². The van der Waals surface area contributed by atoms with Gasteiger partial charge in [0.25, 0.3) is 0 Å². The summed E-state index contributed by atoms with van der Waals surface area (Å²) in [6.07, 6.45) is 0.492. The molecule has 1 saturated heterocycles. The van der Waals surface area contributed by atoms with Crippen molar-refractivity contribution in [3.63, 3.8) is 0 Å². The van der Waals surface area contributed by atoms with Gasteiger partial charge in [-0.3, -0.25) is 4.79 Å². The molecule has 2 atom stereocenters. The lowest BCUT2D eigenvalue weighted by molar-refractivity contribution is -0.141. The lowest BCUT2D eigenvalue weighted by Gasteiger charge is -2.12. The summed E-state index contributed by atoms with van der Waals surface area (Å²) in [6.45, 7) is 0.0700. The minimum atomic E-state index is -0.815. The normalized spacial score (nSPS) is 23.9. The Hall–Kier alpha value is -1.46. The molecule has 5 heteroatoms. The van der Waals surface area contributed by atoms with E-state index in [1.807, 2.05) is 0 Å². The zero-order valence-corrected chi connectivity index (χ0v) is 9.19. The summed E-state index contributed by atoms with van der Waals surface area (Å²) in [5.41, 5.74) is 1.06. The van der Waals surface area contributed by atoms with Crippen molar-refractivity contribution < 1.29 is 19.4 Å². The highest BCUT2D eigenvalue weighted by Crippen LogP contribution is 2.28. The van der Waals surface area contributed by atoms with Gasteiger partial charge in [0.2, 0.25) is 0 Å². The molecule has 0 bridgehead atoms. The molecule has 0 saturated carbocycles. The van der Waals surface area contributed by atoms with Gasteiger partial charge in [-0.05, 0) is 24.1 Å². The van der Waals surface area contributed by atoms with E-state index in [1.165, 1.54) is 6.07 Å². The summed E-state index contributed by atoms with van der Waals surface area (Å²) in [7, 11) is 0. The molecule has 17 heavy (non-hydrogen) atoms. The van der Waals surface area contributed by atoms with Crippen molar-refractivity contribution in [2.75, 3.05) is 6.54 Å². The third kappa shape index (κ3) is 2.45. The average molecular weight is 239 g/mol. The van der Waals surface area contributed by atoms with Crippen LogP contribution in [0, 0.1) is 11.7 Å². The largest absolute Gasteiger partial charge is 0.481 e. The Morgan fingerprint density at radius 1 is 1.53 bits per heavy atom. The highest BCUT2D eigenvalue weighted by atomic mass is 19.1. The van der Waals surface area contributed by atoms with Crippen molar-refractivity contribution in [1.29, 1.82) is 0 Å². The highest BCUT2D eigenvalue weighted by molar-refractivity contribution is 5.70. The predicted octanol–water partition coefficient (Wildman–Crippen LogP) is 1.05. The van der Waals surface area contributed by atoms with Crippen LogP contribution < -0.4 is 5.32 Å². The second kappa shape index (κ2) is 4.81. The number of hydrogen-bond acceptors (Lipinski definition) is 3. The minimum absolute atomic E-state index is 0.0815. The number of hydrogen-bond donors (Lipinski definition) is 3. The number of carbonyl (C=O) groups is 1. The number of carboxylic acid groups (broad SMARTS) is 1. The van der Waals surface area contributed by atoms with Gasteiger partial charge >= 0.3 is 5.97 Å². The minimum Gasteiger partial charge on any atom is -0.481 e. The van der Waals surface area contributed by atoms with Crippen molar-refractivity contribution in [2.45, 2.75) is 19.1 Å². The molecule has 0 aliphatic carbocycles. The van der Waals surface area contributed by atoms with Gasteiger partial charge in [0.1, 0.15) is 5.82 Å². The van der Waals surface area contributed by atoms with E-state index in [0.717, 1.165) is 5.56 Å². The Morgan fingerprint density at radius 3 is 2.88 bits per heavy atom. The molecule has 3 N–H and O–H groups in total. The Labute approximate surface area is 98.1 Å². The van der Waals surface area contributed by atoms with E-state index in [2.05, 4.69) is 5.32 Å². The molecule has 1 fully saturated rings. The van der Waals surface area contributed by atoms with Gasteiger partial charge in [0.15, 0.2) is 0 Å². The van der Waals surface area contributed by atoms with E-state index < -0.39 is 17.7 Å². The fourth-order valence-corrected chi connectivity index (χ4v) is 2.11. The number of halogens is 1. The van der Waals surface area contributed by atoms with E-state index in [1.54, 1.807) is 12.1 Å². The molecule has 4 nitrogen and oxygen atoms in total. The van der Waals surface area contributed by atoms with Crippen LogP contribution in [0.25, 0.3) is 0 Å². The summed E-state index contributed by atoms with van der Waals surface area (Å²) >= 11 is 0. The Morgan fingerprint density at radius 2 is 2.29 bits per heavy atom. The van der Waals surface area contributed by atoms with Crippen molar-refractivity contribution in [2.24, 2.45) is 5.92 Å². The zero-order valence-electron chi connectivity index (χ0n) is 9.19. The van der Waals surface area contributed by atoms with Crippen molar-refractivity contribution in [3.8, 4) is 0 Å². The monoisotopic (exact) mass is 239 g/mol. The van der Waals surface area contributed by atoms with Gasteiger partial charge in [-0.25, -0.2) is 4.39 Å². The van der Waals surface area contributed by atoms with Gasteiger partial charge in [0, 0.05) is 18.2 Å². The maximum Gasteiger partial charge on any atom is 0.307 e. The summed E-state index contributed by atoms with van der Waals surface area (Å²) in [6, 6.07) is 4.42. The Balaban J connectivity index is 2.16. The molecule has 1 heterocycles. The second-order valence-corrected chi connectivity index (χ2v) is 4.24. The number of rotatable bonds is 3. The first-order valence-electron chi connectivity index (χ1n) is 5.47. The molecular weight excluding hydrogens is 225 g/mol. The molecule has 1 aromatic carbocycles. The van der Waals surface area contributed by atoms with Gasteiger partial charge < -0.3 is 15.5 Å². The second-order valence-electron chi connectivity index (χ2n) is 4.24. The van der Waals surface area contributed by atoms with E-state index in [4.69, 9.17) is 10.2 Å². The third-order valence-corrected chi connectivity index (χ3v) is 3.12. The van der Waals surface area contributed by atoms with E-state index in [-0.39, 0.29) is 18.2 Å². The average Bonchev–Trinajstić information content (AvgIpc) is 2.79. The van der Waals surface area contributed by atoms with Crippen molar-refractivity contribution in [3.05, 3.63) is 35.1 Å². The van der Waals surface area contributed by atoms with Crippen LogP contribution in [0.2, 0.25) is 0 Å². The lowest BCUT2D eigenvalue weighted by Crippen LogP contribution is -2.17. The zero-order chi connectivity index (χ0) is 12.4. The summed E-state index contributed by atoms with van der Waals surface area (Å²) < 4.78 is 13.2. The van der Waals surface area contributed by atoms with E-state index in [9.17, 15) is 9.18 Å². The number of benzene rings is 1. The summed E-state index contributed by atoms with van der Waals surface area (Å²) in [4.78, 5) is 10.8. The fraction of sp³-hybridized carbons (Fsp3) is 0.417. The van der Waals surface area contributed by atoms with Crippen molar-refractivity contribution >= 4 is 5.97 Å². The topological polar surface area (TPSA) is 69.6 Å². The van der Waals surface area contributed by atoms with Crippen LogP contribution in [-0.4, -0.2) is 22.7 Å². The first-order chi connectivity index (χ1) is 8.11.